The lowest BCUT2D eigenvalue weighted by atomic mass is 9.95. The Kier molecular flexibility index (Phi) is 4.26. The summed E-state index contributed by atoms with van der Waals surface area (Å²) in [5.74, 6) is 6.22. The van der Waals surface area contributed by atoms with E-state index in [2.05, 4.69) is 17.2 Å². The van der Waals surface area contributed by atoms with Crippen LogP contribution in [0.1, 0.15) is 31.2 Å². The van der Waals surface area contributed by atoms with Crippen LogP contribution in [0, 0.1) is 17.3 Å². The second kappa shape index (κ2) is 5.94. The van der Waals surface area contributed by atoms with Crippen LogP contribution in [0.2, 0.25) is 0 Å². The van der Waals surface area contributed by atoms with Gasteiger partial charge >= 0.3 is 0 Å². The normalized spacial score (nSPS) is 10.6. The van der Waals surface area contributed by atoms with Crippen LogP contribution in [-0.2, 0) is 4.79 Å². The quantitative estimate of drug-likeness (QED) is 0.783. The molecule has 2 nitrogen and oxygen atoms in total. The number of rotatable bonds is 1. The summed E-state index contributed by atoms with van der Waals surface area (Å²) in [6, 6.07) is 11.6. The molecule has 20 heavy (non-hydrogen) atoms. The van der Waals surface area contributed by atoms with E-state index in [0.717, 1.165) is 16.1 Å². The van der Waals surface area contributed by atoms with E-state index >= 15 is 0 Å². The van der Waals surface area contributed by atoms with E-state index in [4.69, 9.17) is 0 Å². The molecule has 2 rings (SSSR count). The highest BCUT2D eigenvalue weighted by atomic mass is 32.1. The number of carbonyl (C=O) groups excluding carboxylic acids is 1. The molecule has 0 atom stereocenters. The number of carbonyl (C=O) groups is 1. The molecule has 0 aliphatic rings. The lowest BCUT2D eigenvalue weighted by molar-refractivity contribution is -0.123. The van der Waals surface area contributed by atoms with Crippen molar-refractivity contribution in [2.45, 2.75) is 20.8 Å². The predicted molar refractivity (Wildman–Crippen MR) is 84.8 cm³/mol. The number of hydrogen-bond acceptors (Lipinski definition) is 2. The minimum Gasteiger partial charge on any atom is -0.325 e. The van der Waals surface area contributed by atoms with Crippen LogP contribution in [0.15, 0.2) is 41.8 Å². The average Bonchev–Trinajstić information content (AvgIpc) is 2.89. The van der Waals surface area contributed by atoms with Crippen molar-refractivity contribution in [3.05, 3.63) is 52.2 Å². The molecule has 0 aliphatic carbocycles. The van der Waals surface area contributed by atoms with Crippen LogP contribution in [0.3, 0.4) is 0 Å². The first-order valence-corrected chi connectivity index (χ1v) is 7.31. The molecule has 0 unspecified atom stereocenters. The third-order valence-corrected chi connectivity index (χ3v) is 3.48. The van der Waals surface area contributed by atoms with Crippen LogP contribution < -0.4 is 5.32 Å². The highest BCUT2D eigenvalue weighted by Gasteiger charge is 2.21. The first-order valence-electron chi connectivity index (χ1n) is 6.43. The summed E-state index contributed by atoms with van der Waals surface area (Å²) in [6.07, 6.45) is 0. The number of hydrogen-bond donors (Lipinski definition) is 1. The molecule has 1 N–H and O–H groups in total. The maximum atomic E-state index is 12.1. The zero-order valence-electron chi connectivity index (χ0n) is 11.9. The van der Waals surface area contributed by atoms with Crippen LogP contribution in [0.4, 0.5) is 5.69 Å². The van der Waals surface area contributed by atoms with Gasteiger partial charge in [0.2, 0.25) is 5.91 Å². The summed E-state index contributed by atoms with van der Waals surface area (Å²) in [5, 5.41) is 4.94. The molecule has 2 aromatic rings. The zero-order valence-corrected chi connectivity index (χ0v) is 12.7. The Morgan fingerprint density at radius 1 is 1.10 bits per heavy atom. The van der Waals surface area contributed by atoms with E-state index < -0.39 is 5.41 Å². The molecule has 0 fully saturated rings. The van der Waals surface area contributed by atoms with Gasteiger partial charge < -0.3 is 5.32 Å². The first kappa shape index (κ1) is 14.4. The van der Waals surface area contributed by atoms with E-state index in [1.807, 2.05) is 62.5 Å². The molecular formula is C17H17NOS. The Balaban J connectivity index is 2.25. The number of para-hydroxylation sites is 1. The summed E-state index contributed by atoms with van der Waals surface area (Å²) < 4.78 is 0. The highest BCUT2D eigenvalue weighted by molar-refractivity contribution is 7.10. The minimum absolute atomic E-state index is 0.0112. The van der Waals surface area contributed by atoms with E-state index in [0.29, 0.717) is 0 Å². The smallest absolute Gasteiger partial charge is 0.229 e. The van der Waals surface area contributed by atoms with Crippen molar-refractivity contribution in [3.63, 3.8) is 0 Å². The molecule has 102 valence electrons. The lowest BCUT2D eigenvalue weighted by Gasteiger charge is -2.18. The Morgan fingerprint density at radius 2 is 1.85 bits per heavy atom. The minimum atomic E-state index is -0.422. The third kappa shape index (κ3) is 3.72. The number of amides is 1. The SMILES string of the molecule is CC(C)(C)C(=O)Nc1ccccc1C#Cc1cccs1. The van der Waals surface area contributed by atoms with Crippen LogP contribution in [0.5, 0.6) is 0 Å². The van der Waals surface area contributed by atoms with Crippen molar-refractivity contribution < 1.29 is 4.79 Å². The fraction of sp³-hybridized carbons (Fsp3) is 0.235. The fourth-order valence-electron chi connectivity index (χ4n) is 1.49. The summed E-state index contributed by atoms with van der Waals surface area (Å²) in [7, 11) is 0. The maximum absolute atomic E-state index is 12.1. The molecule has 0 radical (unpaired) electrons. The molecule has 1 heterocycles. The van der Waals surface area contributed by atoms with Gasteiger partial charge in [0, 0.05) is 11.0 Å². The Bertz CT molecular complexity index is 654. The predicted octanol–water partition coefficient (Wildman–Crippen LogP) is 4.13. The molecule has 0 bridgehead atoms. The van der Waals surface area contributed by atoms with Gasteiger partial charge in [-0.2, -0.15) is 0 Å². The Hall–Kier alpha value is -2.05. The zero-order chi connectivity index (χ0) is 14.6. The van der Waals surface area contributed by atoms with E-state index in [-0.39, 0.29) is 5.91 Å². The van der Waals surface area contributed by atoms with Gasteiger partial charge in [-0.25, -0.2) is 0 Å². The fourth-order valence-corrected chi connectivity index (χ4v) is 2.06. The lowest BCUT2D eigenvalue weighted by Crippen LogP contribution is -2.27. The summed E-state index contributed by atoms with van der Waals surface area (Å²) in [6.45, 7) is 5.67. The number of anilines is 1. The average molecular weight is 283 g/mol. The van der Waals surface area contributed by atoms with Crippen molar-refractivity contribution in [3.8, 4) is 11.8 Å². The molecule has 1 amide bonds. The summed E-state index contributed by atoms with van der Waals surface area (Å²) >= 11 is 1.61. The van der Waals surface area contributed by atoms with E-state index in [1.165, 1.54) is 0 Å². The first-order chi connectivity index (χ1) is 9.47. The van der Waals surface area contributed by atoms with Gasteiger partial charge in [-0.15, -0.1) is 11.3 Å². The van der Waals surface area contributed by atoms with Crippen molar-refractivity contribution in [2.24, 2.45) is 5.41 Å². The molecular weight excluding hydrogens is 266 g/mol. The summed E-state index contributed by atoms with van der Waals surface area (Å²) in [4.78, 5) is 13.1. The van der Waals surface area contributed by atoms with Crippen molar-refractivity contribution in [1.29, 1.82) is 0 Å². The Morgan fingerprint density at radius 3 is 2.50 bits per heavy atom. The van der Waals surface area contributed by atoms with Crippen molar-refractivity contribution in [1.82, 2.24) is 0 Å². The summed E-state index contributed by atoms with van der Waals surface area (Å²) in [5.41, 5.74) is 1.17. The van der Waals surface area contributed by atoms with Gasteiger partial charge in [-0.1, -0.05) is 50.8 Å². The monoisotopic (exact) mass is 283 g/mol. The van der Waals surface area contributed by atoms with Crippen LogP contribution >= 0.6 is 11.3 Å². The second-order valence-corrected chi connectivity index (χ2v) is 6.42. The van der Waals surface area contributed by atoms with Gasteiger partial charge in [0.15, 0.2) is 0 Å². The van der Waals surface area contributed by atoms with Gasteiger partial charge in [-0.3, -0.25) is 4.79 Å². The Labute approximate surface area is 123 Å². The van der Waals surface area contributed by atoms with Crippen LogP contribution in [0.25, 0.3) is 0 Å². The molecule has 3 heteroatoms. The number of thiophene rings is 1. The second-order valence-electron chi connectivity index (χ2n) is 5.48. The molecule has 1 aromatic carbocycles. The van der Waals surface area contributed by atoms with E-state index in [1.54, 1.807) is 11.3 Å². The van der Waals surface area contributed by atoms with Gasteiger partial charge in [0.25, 0.3) is 0 Å². The van der Waals surface area contributed by atoms with Crippen molar-refractivity contribution in [2.75, 3.05) is 5.32 Å². The van der Waals surface area contributed by atoms with E-state index in [9.17, 15) is 4.79 Å². The largest absolute Gasteiger partial charge is 0.325 e. The number of benzene rings is 1. The number of nitrogens with one attached hydrogen (secondary N) is 1. The van der Waals surface area contributed by atoms with Gasteiger partial charge in [0.05, 0.1) is 10.6 Å². The molecule has 0 saturated heterocycles. The molecule has 0 aliphatic heterocycles. The maximum Gasteiger partial charge on any atom is 0.229 e. The third-order valence-electron chi connectivity index (χ3n) is 2.70. The molecule has 0 saturated carbocycles. The standard InChI is InChI=1S/C17H17NOS/c1-17(2,3)16(19)18-15-9-5-4-7-13(15)10-11-14-8-6-12-20-14/h4-9,12H,1-3H3,(H,18,19). The van der Waals surface area contributed by atoms with Gasteiger partial charge in [0.1, 0.15) is 0 Å². The van der Waals surface area contributed by atoms with Gasteiger partial charge in [-0.05, 0) is 23.6 Å². The molecule has 0 spiro atoms. The van der Waals surface area contributed by atoms with Crippen LogP contribution in [-0.4, -0.2) is 5.91 Å². The topological polar surface area (TPSA) is 29.1 Å². The molecule has 1 aromatic heterocycles. The highest BCUT2D eigenvalue weighted by Crippen LogP contribution is 2.20. The van der Waals surface area contributed by atoms with Crippen molar-refractivity contribution >= 4 is 22.9 Å².